The maximum atomic E-state index is 6.31. The van der Waals surface area contributed by atoms with Gasteiger partial charge in [-0.25, -0.2) is 0 Å². The molecule has 54 heavy (non-hydrogen) atoms. The Bertz CT molecular complexity index is 3400. The van der Waals surface area contributed by atoms with Gasteiger partial charge in [0.1, 0.15) is 5.52 Å². The van der Waals surface area contributed by atoms with Crippen molar-refractivity contribution in [2.75, 3.05) is 0 Å². The molecule has 5 heteroatoms. The van der Waals surface area contributed by atoms with Crippen LogP contribution in [0.1, 0.15) is 0 Å². The first kappa shape index (κ1) is 29.2. The number of fused-ring (bicyclic) bond motifs is 10. The molecule has 0 atom stereocenters. The van der Waals surface area contributed by atoms with Gasteiger partial charge in [0.15, 0.2) is 5.58 Å². The van der Waals surface area contributed by atoms with Crippen LogP contribution in [0.4, 0.5) is 0 Å². The van der Waals surface area contributed by atoms with E-state index in [0.717, 1.165) is 49.8 Å². The molecule has 0 saturated heterocycles. The minimum absolute atomic E-state index is 0.574. The van der Waals surface area contributed by atoms with E-state index in [-0.39, 0.29) is 0 Å². The van der Waals surface area contributed by atoms with E-state index in [1.165, 1.54) is 49.2 Å². The van der Waals surface area contributed by atoms with Crippen LogP contribution < -0.4 is 0 Å². The molecular formula is C49H30N4O. The van der Waals surface area contributed by atoms with Crippen molar-refractivity contribution in [1.82, 2.24) is 18.7 Å². The molecule has 0 spiro atoms. The summed E-state index contributed by atoms with van der Waals surface area (Å²) in [6, 6.07) is 65.7. The normalized spacial score (nSPS) is 12.1. The molecule has 0 fully saturated rings. The molecule has 12 rings (SSSR count). The molecule has 4 aromatic heterocycles. The summed E-state index contributed by atoms with van der Waals surface area (Å²) in [7, 11) is 0. The van der Waals surface area contributed by atoms with Gasteiger partial charge in [0.25, 0.3) is 0 Å². The third kappa shape index (κ3) is 4.12. The summed E-state index contributed by atoms with van der Waals surface area (Å²) in [4.78, 5) is 4.88. The second-order valence-electron chi connectivity index (χ2n) is 14.0. The van der Waals surface area contributed by atoms with E-state index in [2.05, 4.69) is 171 Å². The lowest BCUT2D eigenvalue weighted by Gasteiger charge is -2.09. The summed E-state index contributed by atoms with van der Waals surface area (Å²) in [6.07, 6.45) is 0. The monoisotopic (exact) mass is 690 g/mol. The zero-order valence-electron chi connectivity index (χ0n) is 29.0. The van der Waals surface area contributed by atoms with Gasteiger partial charge in [-0.2, -0.15) is 4.98 Å². The Labute approximate surface area is 309 Å². The second kappa shape index (κ2) is 11.1. The van der Waals surface area contributed by atoms with E-state index >= 15 is 0 Å². The molecular weight excluding hydrogens is 661 g/mol. The largest absolute Gasteiger partial charge is 0.423 e. The molecule has 0 radical (unpaired) electrons. The van der Waals surface area contributed by atoms with E-state index in [1.54, 1.807) is 0 Å². The van der Waals surface area contributed by atoms with Crippen molar-refractivity contribution in [2.45, 2.75) is 0 Å². The van der Waals surface area contributed by atoms with E-state index in [9.17, 15) is 0 Å². The number of hydrogen-bond donors (Lipinski definition) is 0. The van der Waals surface area contributed by atoms with Crippen LogP contribution in [0.25, 0.3) is 105 Å². The van der Waals surface area contributed by atoms with Gasteiger partial charge < -0.3 is 13.6 Å². The highest BCUT2D eigenvalue weighted by atomic mass is 16.4. The molecule has 0 aliphatic heterocycles. The van der Waals surface area contributed by atoms with E-state index in [4.69, 9.17) is 9.40 Å². The van der Waals surface area contributed by atoms with Crippen LogP contribution >= 0.6 is 0 Å². The predicted octanol–water partition coefficient (Wildman–Crippen LogP) is 12.8. The lowest BCUT2D eigenvalue weighted by atomic mass is 10.0. The van der Waals surface area contributed by atoms with E-state index < -0.39 is 0 Å². The minimum Gasteiger partial charge on any atom is -0.423 e. The van der Waals surface area contributed by atoms with Crippen molar-refractivity contribution in [3.05, 3.63) is 182 Å². The van der Waals surface area contributed by atoms with Gasteiger partial charge in [-0.3, -0.25) is 4.57 Å². The molecule has 12 aromatic rings. The molecule has 0 aliphatic carbocycles. The van der Waals surface area contributed by atoms with Gasteiger partial charge in [-0.15, -0.1) is 0 Å². The minimum atomic E-state index is 0.574. The molecule has 0 bridgehead atoms. The summed E-state index contributed by atoms with van der Waals surface area (Å²) in [5.41, 5.74) is 13.1. The number of para-hydroxylation sites is 6. The van der Waals surface area contributed by atoms with Crippen LogP contribution in [0.15, 0.2) is 186 Å². The van der Waals surface area contributed by atoms with Gasteiger partial charge in [0.05, 0.1) is 33.1 Å². The van der Waals surface area contributed by atoms with E-state index in [1.807, 2.05) is 24.3 Å². The molecule has 0 saturated carbocycles. The zero-order chi connectivity index (χ0) is 35.3. The summed E-state index contributed by atoms with van der Waals surface area (Å²) < 4.78 is 13.3. The Morgan fingerprint density at radius 2 is 0.778 bits per heavy atom. The number of nitrogens with zero attached hydrogens (tertiary/aromatic N) is 4. The molecule has 4 heterocycles. The summed E-state index contributed by atoms with van der Waals surface area (Å²) in [5.74, 6) is 0. The first-order valence-corrected chi connectivity index (χ1v) is 18.3. The standard InChI is InChI=1S/C49H30N4O/c1-3-13-33(14-4-1)51-42-20-10-7-18-36(42)39-29-47-40(30-46(39)51)38-28-32(23-25-44(38)52(47)34-15-5-2-6-16-34)31-24-26-45-37(27-31)35-17-8-11-21-43(35)53(45)49-50-41-19-9-12-22-48(41)54-49/h1-30H. The predicted molar refractivity (Wildman–Crippen MR) is 222 cm³/mol. The summed E-state index contributed by atoms with van der Waals surface area (Å²) in [6.45, 7) is 0. The first-order valence-electron chi connectivity index (χ1n) is 18.3. The second-order valence-corrected chi connectivity index (χ2v) is 14.0. The first-order chi connectivity index (χ1) is 26.8. The number of rotatable bonds is 4. The summed E-state index contributed by atoms with van der Waals surface area (Å²) in [5, 5.41) is 7.24. The smallest absolute Gasteiger partial charge is 0.307 e. The number of aromatic nitrogens is 4. The zero-order valence-corrected chi connectivity index (χ0v) is 29.0. The Balaban J connectivity index is 1.12. The highest BCUT2D eigenvalue weighted by molar-refractivity contribution is 6.19. The molecule has 252 valence electrons. The average Bonchev–Trinajstić information content (AvgIpc) is 3.98. The SMILES string of the molecule is c1ccc(-n2c3ccccc3c3cc4c(cc32)c2cc(-c3ccc5c(c3)c3ccccc3n5-c3nc5ccccc5o3)ccc2n4-c2ccccc2)cc1. The van der Waals surface area contributed by atoms with Crippen molar-refractivity contribution < 1.29 is 4.42 Å². The topological polar surface area (TPSA) is 40.8 Å². The van der Waals surface area contributed by atoms with Crippen LogP contribution in [0, 0.1) is 0 Å². The van der Waals surface area contributed by atoms with Crippen molar-refractivity contribution >= 4 is 76.5 Å². The van der Waals surface area contributed by atoms with Gasteiger partial charge in [0, 0.05) is 43.7 Å². The molecule has 5 nitrogen and oxygen atoms in total. The van der Waals surface area contributed by atoms with Crippen LogP contribution in [0.2, 0.25) is 0 Å². The van der Waals surface area contributed by atoms with Crippen molar-refractivity contribution in [1.29, 1.82) is 0 Å². The van der Waals surface area contributed by atoms with Gasteiger partial charge in [-0.05, 0) is 96.1 Å². The highest BCUT2D eigenvalue weighted by Gasteiger charge is 2.20. The van der Waals surface area contributed by atoms with Crippen LogP contribution in [0.3, 0.4) is 0 Å². The molecule has 0 N–H and O–H groups in total. The lowest BCUT2D eigenvalue weighted by Crippen LogP contribution is -1.94. The molecule has 0 unspecified atom stereocenters. The molecule has 8 aromatic carbocycles. The van der Waals surface area contributed by atoms with Crippen LogP contribution in [0.5, 0.6) is 0 Å². The Hall–Kier alpha value is -7.37. The Morgan fingerprint density at radius 1 is 0.333 bits per heavy atom. The Kier molecular flexibility index (Phi) is 5.99. The third-order valence-electron chi connectivity index (χ3n) is 11.1. The highest BCUT2D eigenvalue weighted by Crippen LogP contribution is 2.42. The van der Waals surface area contributed by atoms with Gasteiger partial charge in [0.2, 0.25) is 0 Å². The van der Waals surface area contributed by atoms with Gasteiger partial charge >= 0.3 is 6.01 Å². The fraction of sp³-hybridized carbons (Fsp3) is 0. The van der Waals surface area contributed by atoms with Crippen molar-refractivity contribution in [3.63, 3.8) is 0 Å². The van der Waals surface area contributed by atoms with Gasteiger partial charge in [-0.1, -0.05) is 97.1 Å². The molecule has 0 aliphatic rings. The fourth-order valence-electron chi connectivity index (χ4n) is 8.69. The third-order valence-corrected chi connectivity index (χ3v) is 11.1. The maximum absolute atomic E-state index is 6.31. The number of hydrogen-bond acceptors (Lipinski definition) is 2. The van der Waals surface area contributed by atoms with Crippen molar-refractivity contribution in [2.24, 2.45) is 0 Å². The average molecular weight is 691 g/mol. The lowest BCUT2D eigenvalue weighted by molar-refractivity contribution is 0.574. The number of benzene rings is 8. The summed E-state index contributed by atoms with van der Waals surface area (Å²) >= 11 is 0. The van der Waals surface area contributed by atoms with Crippen molar-refractivity contribution in [3.8, 4) is 28.5 Å². The Morgan fingerprint density at radius 3 is 1.39 bits per heavy atom. The fourth-order valence-corrected chi connectivity index (χ4v) is 8.69. The molecule has 0 amide bonds. The number of oxazole rings is 1. The maximum Gasteiger partial charge on any atom is 0.307 e. The quantitative estimate of drug-likeness (QED) is 0.184. The van der Waals surface area contributed by atoms with Crippen LogP contribution in [-0.2, 0) is 0 Å². The van der Waals surface area contributed by atoms with E-state index in [0.29, 0.717) is 6.01 Å². The van der Waals surface area contributed by atoms with Crippen LogP contribution in [-0.4, -0.2) is 18.7 Å².